The minimum atomic E-state index is -0.340. The molecule has 0 saturated carbocycles. The number of aryl methyl sites for hydroxylation is 1. The summed E-state index contributed by atoms with van der Waals surface area (Å²) in [5, 5.41) is 8.99. The second-order valence-corrected chi connectivity index (χ2v) is 7.98. The van der Waals surface area contributed by atoms with Crippen molar-refractivity contribution in [1.29, 1.82) is 0 Å². The van der Waals surface area contributed by atoms with Gasteiger partial charge in [0.1, 0.15) is 29.0 Å². The monoisotopic (exact) mass is 443 g/mol. The van der Waals surface area contributed by atoms with E-state index in [0.29, 0.717) is 31.0 Å². The fourth-order valence-electron chi connectivity index (χ4n) is 4.56. The van der Waals surface area contributed by atoms with Crippen LogP contribution in [-0.2, 0) is 11.2 Å². The standard InChI is InChI=1S/C24H22FN7O/c1-2-21-29-23-17(24-27-14-28-30-24)12-15(31-8-10-33-11-9-31)13-20(23)32(21)19-6-7-26-22-16(19)4-3-5-18(22)25/h3-7,12-14H,2,8-11H2,1H3,(H,27,28,30). The second kappa shape index (κ2) is 7.93. The van der Waals surface area contributed by atoms with Crippen LogP contribution in [0.4, 0.5) is 10.1 Å². The third kappa shape index (κ3) is 3.23. The number of nitrogens with one attached hydrogen (secondary N) is 1. The number of aromatic amines is 1. The van der Waals surface area contributed by atoms with Gasteiger partial charge in [0.25, 0.3) is 0 Å². The molecule has 9 heteroatoms. The highest BCUT2D eigenvalue weighted by Gasteiger charge is 2.22. The van der Waals surface area contributed by atoms with E-state index in [2.05, 4.69) is 48.7 Å². The van der Waals surface area contributed by atoms with E-state index in [1.54, 1.807) is 18.6 Å². The summed E-state index contributed by atoms with van der Waals surface area (Å²) >= 11 is 0. The van der Waals surface area contributed by atoms with Crippen LogP contribution in [0.15, 0.2) is 48.9 Å². The number of imidazole rings is 1. The number of fused-ring (bicyclic) bond motifs is 2. The molecule has 0 spiro atoms. The van der Waals surface area contributed by atoms with Gasteiger partial charge in [0.15, 0.2) is 5.82 Å². The van der Waals surface area contributed by atoms with Crippen LogP contribution >= 0.6 is 0 Å². The number of hydrogen-bond acceptors (Lipinski definition) is 6. The van der Waals surface area contributed by atoms with Crippen molar-refractivity contribution in [2.45, 2.75) is 13.3 Å². The molecule has 1 aliphatic rings. The zero-order valence-electron chi connectivity index (χ0n) is 18.1. The maximum Gasteiger partial charge on any atom is 0.163 e. The summed E-state index contributed by atoms with van der Waals surface area (Å²) < 4.78 is 22.2. The molecule has 1 N–H and O–H groups in total. The maximum atomic E-state index is 14.5. The van der Waals surface area contributed by atoms with Crippen molar-refractivity contribution in [2.24, 2.45) is 0 Å². The number of nitrogens with zero attached hydrogens (tertiary/aromatic N) is 6. The number of pyridine rings is 1. The molecule has 33 heavy (non-hydrogen) atoms. The number of anilines is 1. The SMILES string of the molecule is CCc1nc2c(-c3nnc[nH]3)cc(N3CCOCC3)cc2n1-c1ccnc2c(F)cccc12. The van der Waals surface area contributed by atoms with Gasteiger partial charge in [-0.25, -0.2) is 9.37 Å². The number of ether oxygens (including phenoxy) is 1. The molecule has 2 aromatic carbocycles. The summed E-state index contributed by atoms with van der Waals surface area (Å²) in [6, 6.07) is 11.2. The fourth-order valence-corrected chi connectivity index (χ4v) is 4.56. The molecule has 0 amide bonds. The third-order valence-corrected chi connectivity index (χ3v) is 6.12. The number of morpholine rings is 1. The van der Waals surface area contributed by atoms with Crippen molar-refractivity contribution in [2.75, 3.05) is 31.2 Å². The smallest absolute Gasteiger partial charge is 0.163 e. The molecule has 0 aliphatic carbocycles. The zero-order chi connectivity index (χ0) is 22.4. The summed E-state index contributed by atoms with van der Waals surface area (Å²) in [7, 11) is 0. The number of halogens is 1. The summed E-state index contributed by atoms with van der Waals surface area (Å²) in [6.07, 6.45) is 3.92. The molecule has 1 fully saturated rings. The molecular weight excluding hydrogens is 421 g/mol. The Bertz CT molecular complexity index is 1460. The van der Waals surface area contributed by atoms with Crippen molar-refractivity contribution >= 4 is 27.6 Å². The van der Waals surface area contributed by atoms with Gasteiger partial charge in [0.05, 0.1) is 24.4 Å². The normalized spacial score (nSPS) is 14.4. The van der Waals surface area contributed by atoms with Crippen molar-refractivity contribution in [3.63, 3.8) is 0 Å². The quantitative estimate of drug-likeness (QED) is 0.454. The van der Waals surface area contributed by atoms with E-state index in [4.69, 9.17) is 9.72 Å². The van der Waals surface area contributed by atoms with Crippen molar-refractivity contribution in [3.05, 3.63) is 60.6 Å². The predicted molar refractivity (Wildman–Crippen MR) is 124 cm³/mol. The van der Waals surface area contributed by atoms with Crippen LogP contribution in [0, 0.1) is 5.82 Å². The van der Waals surface area contributed by atoms with Gasteiger partial charge in [-0.15, -0.1) is 10.2 Å². The lowest BCUT2D eigenvalue weighted by atomic mass is 10.1. The van der Waals surface area contributed by atoms with Crippen LogP contribution in [0.5, 0.6) is 0 Å². The minimum absolute atomic E-state index is 0.340. The molecule has 1 saturated heterocycles. The van der Waals surface area contributed by atoms with E-state index in [-0.39, 0.29) is 5.82 Å². The Morgan fingerprint density at radius 1 is 1.12 bits per heavy atom. The molecule has 0 bridgehead atoms. The number of para-hydroxylation sites is 1. The first kappa shape index (κ1) is 19.8. The average molecular weight is 443 g/mol. The second-order valence-electron chi connectivity index (χ2n) is 7.98. The number of benzene rings is 2. The largest absolute Gasteiger partial charge is 0.378 e. The van der Waals surface area contributed by atoms with Gasteiger partial charge in [-0.3, -0.25) is 9.55 Å². The average Bonchev–Trinajstić information content (AvgIpc) is 3.52. The van der Waals surface area contributed by atoms with E-state index >= 15 is 0 Å². The van der Waals surface area contributed by atoms with Crippen molar-refractivity contribution in [3.8, 4) is 17.1 Å². The molecule has 5 aromatic rings. The Balaban J connectivity index is 1.68. The van der Waals surface area contributed by atoms with Crippen LogP contribution < -0.4 is 4.90 Å². The summed E-state index contributed by atoms with van der Waals surface area (Å²) in [4.78, 5) is 14.7. The molecular formula is C24H22FN7O. The van der Waals surface area contributed by atoms with E-state index in [0.717, 1.165) is 52.3 Å². The van der Waals surface area contributed by atoms with E-state index in [1.807, 2.05) is 12.1 Å². The lowest BCUT2D eigenvalue weighted by Gasteiger charge is -2.29. The first-order chi connectivity index (χ1) is 16.2. The highest BCUT2D eigenvalue weighted by atomic mass is 19.1. The molecule has 0 unspecified atom stereocenters. The number of hydrogen-bond donors (Lipinski definition) is 1. The van der Waals surface area contributed by atoms with Crippen molar-refractivity contribution in [1.82, 2.24) is 29.7 Å². The topological polar surface area (TPSA) is 84.8 Å². The maximum absolute atomic E-state index is 14.5. The minimum Gasteiger partial charge on any atom is -0.378 e. The van der Waals surface area contributed by atoms with Gasteiger partial charge in [0.2, 0.25) is 0 Å². The van der Waals surface area contributed by atoms with Crippen LogP contribution in [0.25, 0.3) is 39.0 Å². The predicted octanol–water partition coefficient (Wildman–Crippen LogP) is 3.90. The van der Waals surface area contributed by atoms with Gasteiger partial charge in [-0.05, 0) is 24.3 Å². The van der Waals surface area contributed by atoms with Crippen LogP contribution in [0.3, 0.4) is 0 Å². The van der Waals surface area contributed by atoms with E-state index < -0.39 is 0 Å². The van der Waals surface area contributed by atoms with Crippen molar-refractivity contribution < 1.29 is 9.13 Å². The molecule has 6 rings (SSSR count). The first-order valence-corrected chi connectivity index (χ1v) is 11.0. The van der Waals surface area contributed by atoms with Gasteiger partial charge in [-0.1, -0.05) is 19.1 Å². The summed E-state index contributed by atoms with van der Waals surface area (Å²) in [6.45, 7) is 5.05. The lowest BCUT2D eigenvalue weighted by molar-refractivity contribution is 0.122. The molecule has 3 aromatic heterocycles. The van der Waals surface area contributed by atoms with Crippen LogP contribution in [-0.4, -0.2) is 56.0 Å². The first-order valence-electron chi connectivity index (χ1n) is 11.0. The molecule has 0 radical (unpaired) electrons. The molecule has 8 nitrogen and oxygen atoms in total. The van der Waals surface area contributed by atoms with Gasteiger partial charge in [-0.2, -0.15) is 0 Å². The Morgan fingerprint density at radius 3 is 2.79 bits per heavy atom. The zero-order valence-corrected chi connectivity index (χ0v) is 18.1. The number of aromatic nitrogens is 6. The molecule has 0 atom stereocenters. The number of rotatable bonds is 4. The van der Waals surface area contributed by atoms with Crippen LogP contribution in [0.2, 0.25) is 0 Å². The van der Waals surface area contributed by atoms with Gasteiger partial charge < -0.3 is 14.6 Å². The molecule has 4 heterocycles. The molecule has 166 valence electrons. The Labute approximate surface area is 189 Å². The highest BCUT2D eigenvalue weighted by molar-refractivity contribution is 5.97. The Hall–Kier alpha value is -3.85. The summed E-state index contributed by atoms with van der Waals surface area (Å²) in [5.41, 5.74) is 4.89. The van der Waals surface area contributed by atoms with Crippen LogP contribution in [0.1, 0.15) is 12.7 Å². The van der Waals surface area contributed by atoms with E-state index in [9.17, 15) is 4.39 Å². The fraction of sp³-hybridized carbons (Fsp3) is 0.250. The Morgan fingerprint density at radius 2 is 2.00 bits per heavy atom. The number of H-pyrrole nitrogens is 1. The lowest BCUT2D eigenvalue weighted by Crippen LogP contribution is -2.36. The van der Waals surface area contributed by atoms with Gasteiger partial charge >= 0.3 is 0 Å². The third-order valence-electron chi connectivity index (χ3n) is 6.12. The summed E-state index contributed by atoms with van der Waals surface area (Å²) in [5.74, 6) is 1.20. The molecule has 1 aliphatic heterocycles. The Kier molecular flexibility index (Phi) is 4.76. The van der Waals surface area contributed by atoms with E-state index in [1.165, 1.54) is 6.07 Å². The highest BCUT2D eigenvalue weighted by Crippen LogP contribution is 2.35. The van der Waals surface area contributed by atoms with Gasteiger partial charge in [0, 0.05) is 42.3 Å².